The molecule has 166 valence electrons. The lowest BCUT2D eigenvalue weighted by atomic mass is 9.88. The van der Waals surface area contributed by atoms with Gasteiger partial charge in [0.2, 0.25) is 5.91 Å². The first kappa shape index (κ1) is 22.9. The largest absolute Gasteiger partial charge is 0.481 e. The number of para-hydroxylation sites is 1. The molecule has 2 amide bonds. The number of nitrogens with one attached hydrogen (secondary N) is 2. The molecular formula is C26H34N2O3. The van der Waals surface area contributed by atoms with Gasteiger partial charge in [-0.15, -0.1) is 0 Å². The van der Waals surface area contributed by atoms with E-state index in [-0.39, 0.29) is 17.7 Å². The molecule has 2 aromatic carbocycles. The first-order valence-corrected chi connectivity index (χ1v) is 11.4. The SMILES string of the molecule is CCC(C)c1ccccc1OC(C)C(=O)Nc1cccc(NC(=O)C2CCCCC2)c1. The summed E-state index contributed by atoms with van der Waals surface area (Å²) in [5, 5.41) is 5.90. The van der Waals surface area contributed by atoms with Crippen LogP contribution in [0, 0.1) is 5.92 Å². The van der Waals surface area contributed by atoms with Gasteiger partial charge in [-0.2, -0.15) is 0 Å². The molecule has 0 radical (unpaired) electrons. The van der Waals surface area contributed by atoms with Crippen LogP contribution in [0.15, 0.2) is 48.5 Å². The Bertz CT molecular complexity index is 890. The van der Waals surface area contributed by atoms with Crippen molar-refractivity contribution in [3.63, 3.8) is 0 Å². The maximum atomic E-state index is 12.7. The van der Waals surface area contributed by atoms with E-state index in [1.54, 1.807) is 13.0 Å². The molecular weight excluding hydrogens is 388 g/mol. The van der Waals surface area contributed by atoms with Crippen LogP contribution in [0.25, 0.3) is 0 Å². The number of benzene rings is 2. The molecule has 2 N–H and O–H groups in total. The fraction of sp³-hybridized carbons (Fsp3) is 0.462. The second-order valence-electron chi connectivity index (χ2n) is 8.50. The number of hydrogen-bond acceptors (Lipinski definition) is 3. The van der Waals surface area contributed by atoms with Gasteiger partial charge < -0.3 is 15.4 Å². The Morgan fingerprint density at radius 3 is 2.35 bits per heavy atom. The Labute approximate surface area is 185 Å². The molecule has 0 spiro atoms. The van der Waals surface area contributed by atoms with E-state index >= 15 is 0 Å². The summed E-state index contributed by atoms with van der Waals surface area (Å²) in [6.45, 7) is 6.04. The highest BCUT2D eigenvalue weighted by Crippen LogP contribution is 2.29. The van der Waals surface area contributed by atoms with Gasteiger partial charge in [0.25, 0.3) is 5.91 Å². The van der Waals surface area contributed by atoms with Gasteiger partial charge in [0.15, 0.2) is 6.10 Å². The highest BCUT2D eigenvalue weighted by Gasteiger charge is 2.21. The Kier molecular flexibility index (Phi) is 8.10. The van der Waals surface area contributed by atoms with E-state index in [9.17, 15) is 9.59 Å². The summed E-state index contributed by atoms with van der Waals surface area (Å²) in [7, 11) is 0. The van der Waals surface area contributed by atoms with Gasteiger partial charge in [-0.25, -0.2) is 0 Å². The van der Waals surface area contributed by atoms with Crippen molar-refractivity contribution in [2.24, 2.45) is 5.92 Å². The van der Waals surface area contributed by atoms with E-state index in [0.717, 1.165) is 43.4 Å². The first-order valence-electron chi connectivity index (χ1n) is 11.4. The minimum Gasteiger partial charge on any atom is -0.481 e. The standard InChI is InChI=1S/C26H34N2O3/c1-4-18(2)23-15-8-9-16-24(23)31-19(3)25(29)27-21-13-10-14-22(17-21)28-26(30)20-11-6-5-7-12-20/h8-10,13-20H,4-7,11-12H2,1-3H3,(H,27,29)(H,28,30). The first-order chi connectivity index (χ1) is 15.0. The molecule has 0 heterocycles. The zero-order chi connectivity index (χ0) is 22.2. The Morgan fingerprint density at radius 2 is 1.65 bits per heavy atom. The summed E-state index contributed by atoms with van der Waals surface area (Å²) in [5.41, 5.74) is 2.44. The maximum absolute atomic E-state index is 12.7. The smallest absolute Gasteiger partial charge is 0.265 e. The molecule has 3 rings (SSSR count). The topological polar surface area (TPSA) is 67.4 Å². The van der Waals surface area contributed by atoms with Crippen molar-refractivity contribution in [2.45, 2.75) is 71.3 Å². The normalized spacial score (nSPS) is 16.2. The summed E-state index contributed by atoms with van der Waals surface area (Å²) in [4.78, 5) is 25.2. The maximum Gasteiger partial charge on any atom is 0.265 e. The van der Waals surface area contributed by atoms with Crippen molar-refractivity contribution in [2.75, 3.05) is 10.6 Å². The van der Waals surface area contributed by atoms with Crippen molar-refractivity contribution < 1.29 is 14.3 Å². The van der Waals surface area contributed by atoms with Gasteiger partial charge >= 0.3 is 0 Å². The van der Waals surface area contributed by atoms with Crippen LogP contribution in [-0.2, 0) is 9.59 Å². The fourth-order valence-corrected chi connectivity index (χ4v) is 3.99. The predicted octanol–water partition coefficient (Wildman–Crippen LogP) is 6.12. The predicted molar refractivity (Wildman–Crippen MR) is 126 cm³/mol. The van der Waals surface area contributed by atoms with Crippen molar-refractivity contribution in [3.8, 4) is 5.75 Å². The van der Waals surface area contributed by atoms with Crippen LogP contribution in [0.5, 0.6) is 5.75 Å². The van der Waals surface area contributed by atoms with Crippen molar-refractivity contribution in [3.05, 3.63) is 54.1 Å². The number of amides is 2. The highest BCUT2D eigenvalue weighted by atomic mass is 16.5. The van der Waals surface area contributed by atoms with Crippen LogP contribution in [0.4, 0.5) is 11.4 Å². The van der Waals surface area contributed by atoms with Gasteiger partial charge in [0, 0.05) is 17.3 Å². The van der Waals surface area contributed by atoms with Crippen LogP contribution in [-0.4, -0.2) is 17.9 Å². The van der Waals surface area contributed by atoms with Gasteiger partial charge in [-0.1, -0.05) is 57.4 Å². The number of carbonyl (C=O) groups excluding carboxylic acids is 2. The monoisotopic (exact) mass is 422 g/mol. The van der Waals surface area contributed by atoms with Crippen LogP contribution in [0.1, 0.15) is 70.8 Å². The molecule has 0 aromatic heterocycles. The molecule has 1 saturated carbocycles. The molecule has 1 aliphatic rings. The van der Waals surface area contributed by atoms with Crippen LogP contribution < -0.4 is 15.4 Å². The number of rotatable bonds is 8. The van der Waals surface area contributed by atoms with Crippen LogP contribution >= 0.6 is 0 Å². The molecule has 0 saturated heterocycles. The molecule has 31 heavy (non-hydrogen) atoms. The lowest BCUT2D eigenvalue weighted by molar-refractivity contribution is -0.122. The highest BCUT2D eigenvalue weighted by molar-refractivity contribution is 5.96. The molecule has 0 bridgehead atoms. The second-order valence-corrected chi connectivity index (χ2v) is 8.50. The van der Waals surface area contributed by atoms with E-state index in [1.807, 2.05) is 42.5 Å². The summed E-state index contributed by atoms with van der Waals surface area (Å²) in [6.07, 6.45) is 5.71. The number of hydrogen-bond donors (Lipinski definition) is 2. The number of carbonyl (C=O) groups is 2. The molecule has 0 aliphatic heterocycles. The lowest BCUT2D eigenvalue weighted by Crippen LogP contribution is -2.30. The quantitative estimate of drug-likeness (QED) is 0.538. The Morgan fingerprint density at radius 1 is 0.968 bits per heavy atom. The van der Waals surface area contributed by atoms with Crippen LogP contribution in [0.2, 0.25) is 0 Å². The molecule has 2 atom stereocenters. The third-order valence-corrected chi connectivity index (χ3v) is 6.11. The zero-order valence-electron chi connectivity index (χ0n) is 18.8. The van der Waals surface area contributed by atoms with E-state index < -0.39 is 6.10 Å². The van der Waals surface area contributed by atoms with E-state index in [1.165, 1.54) is 6.42 Å². The van der Waals surface area contributed by atoms with Crippen molar-refractivity contribution in [1.29, 1.82) is 0 Å². The second kappa shape index (κ2) is 11.0. The molecule has 5 nitrogen and oxygen atoms in total. The van der Waals surface area contributed by atoms with E-state index in [4.69, 9.17) is 4.74 Å². The number of ether oxygens (including phenoxy) is 1. The zero-order valence-corrected chi connectivity index (χ0v) is 18.8. The third-order valence-electron chi connectivity index (χ3n) is 6.11. The van der Waals surface area contributed by atoms with E-state index in [2.05, 4.69) is 24.5 Å². The minimum absolute atomic E-state index is 0.0709. The Balaban J connectivity index is 1.60. The lowest BCUT2D eigenvalue weighted by Gasteiger charge is -2.21. The minimum atomic E-state index is -0.648. The average Bonchev–Trinajstić information content (AvgIpc) is 2.79. The number of anilines is 2. The summed E-state index contributed by atoms with van der Waals surface area (Å²) in [5.74, 6) is 1.03. The summed E-state index contributed by atoms with van der Waals surface area (Å²) in [6, 6.07) is 15.1. The van der Waals surface area contributed by atoms with Gasteiger partial charge in [-0.05, 0) is 61.9 Å². The van der Waals surface area contributed by atoms with Gasteiger partial charge in [0.05, 0.1) is 0 Å². The Hall–Kier alpha value is -2.82. The molecule has 5 heteroatoms. The molecule has 1 fully saturated rings. The average molecular weight is 423 g/mol. The van der Waals surface area contributed by atoms with Gasteiger partial charge in [0.1, 0.15) is 5.75 Å². The summed E-state index contributed by atoms with van der Waals surface area (Å²) >= 11 is 0. The third kappa shape index (κ3) is 6.33. The van der Waals surface area contributed by atoms with Crippen molar-refractivity contribution in [1.82, 2.24) is 0 Å². The van der Waals surface area contributed by atoms with Crippen molar-refractivity contribution >= 4 is 23.2 Å². The molecule has 2 aromatic rings. The van der Waals surface area contributed by atoms with E-state index in [0.29, 0.717) is 17.3 Å². The van der Waals surface area contributed by atoms with Gasteiger partial charge in [-0.3, -0.25) is 9.59 Å². The molecule has 1 aliphatic carbocycles. The van der Waals surface area contributed by atoms with Crippen LogP contribution in [0.3, 0.4) is 0 Å². The fourth-order valence-electron chi connectivity index (χ4n) is 3.99. The molecule has 2 unspecified atom stereocenters. The summed E-state index contributed by atoms with van der Waals surface area (Å²) < 4.78 is 5.99.